The van der Waals surface area contributed by atoms with Gasteiger partial charge in [-0.15, -0.1) is 0 Å². The van der Waals surface area contributed by atoms with E-state index < -0.39 is 0 Å². The number of methoxy groups -OCH3 is 1. The van der Waals surface area contributed by atoms with Crippen LogP contribution in [0.3, 0.4) is 0 Å². The van der Waals surface area contributed by atoms with Crippen LogP contribution in [0.4, 0.5) is 5.82 Å². The van der Waals surface area contributed by atoms with Gasteiger partial charge in [-0.05, 0) is 42.0 Å². The SMILES string of the molecule is COc1cccnc1NC(=O)Cc1ccc(-n2cccc2)cc1. The number of rotatable bonds is 5. The summed E-state index contributed by atoms with van der Waals surface area (Å²) in [6.45, 7) is 0. The molecule has 0 fully saturated rings. The zero-order valence-corrected chi connectivity index (χ0v) is 12.8. The van der Waals surface area contributed by atoms with Crippen molar-refractivity contribution in [3.8, 4) is 11.4 Å². The topological polar surface area (TPSA) is 56.1 Å². The van der Waals surface area contributed by atoms with Crippen molar-refractivity contribution in [3.63, 3.8) is 0 Å². The molecule has 23 heavy (non-hydrogen) atoms. The van der Waals surface area contributed by atoms with Crippen LogP contribution in [0.2, 0.25) is 0 Å². The maximum absolute atomic E-state index is 12.2. The Balaban J connectivity index is 1.66. The standard InChI is InChI=1S/C18H17N3O2/c1-23-16-5-4-10-19-18(16)20-17(22)13-14-6-8-15(9-7-14)21-11-2-3-12-21/h2-12H,13H2,1H3,(H,19,20,22). The first-order chi connectivity index (χ1) is 11.3. The molecule has 0 unspecified atom stereocenters. The van der Waals surface area contributed by atoms with Crippen molar-refractivity contribution >= 4 is 11.7 Å². The van der Waals surface area contributed by atoms with Gasteiger partial charge >= 0.3 is 0 Å². The third-order valence-electron chi connectivity index (χ3n) is 3.45. The molecule has 0 saturated heterocycles. The third-order valence-corrected chi connectivity index (χ3v) is 3.45. The number of carbonyl (C=O) groups excluding carboxylic acids is 1. The number of aromatic nitrogens is 2. The first-order valence-electron chi connectivity index (χ1n) is 7.27. The summed E-state index contributed by atoms with van der Waals surface area (Å²) in [7, 11) is 1.55. The maximum atomic E-state index is 12.2. The van der Waals surface area contributed by atoms with E-state index in [9.17, 15) is 4.79 Å². The number of pyridine rings is 1. The third kappa shape index (κ3) is 3.58. The van der Waals surface area contributed by atoms with Gasteiger partial charge < -0.3 is 14.6 Å². The lowest BCUT2D eigenvalue weighted by Crippen LogP contribution is -2.16. The van der Waals surface area contributed by atoms with Crippen molar-refractivity contribution in [2.75, 3.05) is 12.4 Å². The van der Waals surface area contributed by atoms with Gasteiger partial charge in [0.1, 0.15) is 0 Å². The number of nitrogens with zero attached hydrogens (tertiary/aromatic N) is 2. The highest BCUT2D eigenvalue weighted by Crippen LogP contribution is 2.20. The largest absolute Gasteiger partial charge is 0.493 e. The van der Waals surface area contributed by atoms with Crippen LogP contribution in [0.1, 0.15) is 5.56 Å². The molecule has 0 saturated carbocycles. The van der Waals surface area contributed by atoms with E-state index in [2.05, 4.69) is 10.3 Å². The minimum Gasteiger partial charge on any atom is -0.493 e. The molecule has 0 spiro atoms. The molecule has 0 atom stereocenters. The van der Waals surface area contributed by atoms with Crippen LogP contribution < -0.4 is 10.1 Å². The molecule has 1 N–H and O–H groups in total. The summed E-state index contributed by atoms with van der Waals surface area (Å²) in [6.07, 6.45) is 5.86. The molecule has 2 aromatic heterocycles. The molecule has 5 heteroatoms. The molecule has 116 valence electrons. The minimum atomic E-state index is -0.129. The molecule has 1 amide bonds. The summed E-state index contributed by atoms with van der Waals surface area (Å²) < 4.78 is 7.19. The van der Waals surface area contributed by atoms with E-state index >= 15 is 0 Å². The van der Waals surface area contributed by atoms with E-state index in [1.807, 2.05) is 53.4 Å². The Kier molecular flexibility index (Phi) is 4.38. The molecule has 1 aromatic carbocycles. The first kappa shape index (κ1) is 14.8. The van der Waals surface area contributed by atoms with Crippen LogP contribution in [0, 0.1) is 0 Å². The van der Waals surface area contributed by atoms with Crippen LogP contribution in [-0.4, -0.2) is 22.6 Å². The average Bonchev–Trinajstić information content (AvgIpc) is 3.10. The van der Waals surface area contributed by atoms with Gasteiger partial charge in [0.25, 0.3) is 0 Å². The predicted octanol–water partition coefficient (Wildman–Crippen LogP) is 3.06. The number of carbonyl (C=O) groups is 1. The number of amides is 1. The Bertz CT molecular complexity index is 780. The van der Waals surface area contributed by atoms with Gasteiger partial charge in [-0.3, -0.25) is 4.79 Å². The number of benzene rings is 1. The van der Waals surface area contributed by atoms with Gasteiger partial charge in [-0.2, -0.15) is 0 Å². The Morgan fingerprint density at radius 3 is 2.57 bits per heavy atom. The van der Waals surface area contributed by atoms with Gasteiger partial charge in [0, 0.05) is 24.3 Å². The quantitative estimate of drug-likeness (QED) is 0.788. The van der Waals surface area contributed by atoms with Gasteiger partial charge in [-0.1, -0.05) is 12.1 Å². The average molecular weight is 307 g/mol. The molecule has 0 radical (unpaired) electrons. The summed E-state index contributed by atoms with van der Waals surface area (Å²) in [6, 6.07) is 15.3. The van der Waals surface area contributed by atoms with Gasteiger partial charge in [0.2, 0.25) is 5.91 Å². The summed E-state index contributed by atoms with van der Waals surface area (Å²) in [5.74, 6) is 0.850. The monoisotopic (exact) mass is 307 g/mol. The molecule has 2 heterocycles. The zero-order chi connectivity index (χ0) is 16.1. The normalized spacial score (nSPS) is 10.3. The second kappa shape index (κ2) is 6.79. The minimum absolute atomic E-state index is 0.129. The van der Waals surface area contributed by atoms with Crippen molar-refractivity contribution in [2.45, 2.75) is 6.42 Å². The zero-order valence-electron chi connectivity index (χ0n) is 12.8. The molecule has 3 rings (SSSR count). The van der Waals surface area contributed by atoms with Crippen LogP contribution in [-0.2, 0) is 11.2 Å². The smallest absolute Gasteiger partial charge is 0.230 e. The summed E-state index contributed by atoms with van der Waals surface area (Å²) in [5.41, 5.74) is 2.00. The molecule has 0 aliphatic rings. The molecule has 0 bridgehead atoms. The van der Waals surface area contributed by atoms with Crippen molar-refractivity contribution in [1.29, 1.82) is 0 Å². The van der Waals surface area contributed by atoms with Gasteiger partial charge in [0.05, 0.1) is 13.5 Å². The van der Waals surface area contributed by atoms with E-state index in [-0.39, 0.29) is 12.3 Å². The second-order valence-electron chi connectivity index (χ2n) is 5.04. The Labute approximate surface area is 134 Å². The van der Waals surface area contributed by atoms with Crippen LogP contribution >= 0.6 is 0 Å². The fourth-order valence-corrected chi connectivity index (χ4v) is 2.30. The van der Waals surface area contributed by atoms with Gasteiger partial charge in [-0.25, -0.2) is 4.98 Å². The fraction of sp³-hybridized carbons (Fsp3) is 0.111. The van der Waals surface area contributed by atoms with Crippen LogP contribution in [0.15, 0.2) is 67.1 Å². The summed E-state index contributed by atoms with van der Waals surface area (Å²) in [4.78, 5) is 16.3. The van der Waals surface area contributed by atoms with Gasteiger partial charge in [0.15, 0.2) is 11.6 Å². The highest BCUT2D eigenvalue weighted by atomic mass is 16.5. The molecule has 3 aromatic rings. The van der Waals surface area contributed by atoms with Crippen molar-refractivity contribution in [3.05, 3.63) is 72.7 Å². The number of anilines is 1. The van der Waals surface area contributed by atoms with Crippen molar-refractivity contribution in [1.82, 2.24) is 9.55 Å². The molecule has 0 aliphatic carbocycles. The second-order valence-corrected chi connectivity index (χ2v) is 5.04. The molecule has 0 aliphatic heterocycles. The van der Waals surface area contributed by atoms with Crippen molar-refractivity contribution < 1.29 is 9.53 Å². The number of nitrogens with one attached hydrogen (secondary N) is 1. The highest BCUT2D eigenvalue weighted by molar-refractivity contribution is 5.92. The maximum Gasteiger partial charge on any atom is 0.230 e. The van der Waals surface area contributed by atoms with E-state index in [1.165, 1.54) is 0 Å². The van der Waals surface area contributed by atoms with Crippen LogP contribution in [0.25, 0.3) is 5.69 Å². The Morgan fingerprint density at radius 1 is 1.13 bits per heavy atom. The lowest BCUT2D eigenvalue weighted by Gasteiger charge is -2.09. The Hall–Kier alpha value is -3.08. The first-order valence-corrected chi connectivity index (χ1v) is 7.27. The van der Waals surface area contributed by atoms with E-state index in [0.717, 1.165) is 11.3 Å². The number of ether oxygens (including phenoxy) is 1. The summed E-state index contributed by atoms with van der Waals surface area (Å²) in [5, 5.41) is 2.77. The van der Waals surface area contributed by atoms with E-state index in [0.29, 0.717) is 11.6 Å². The Morgan fingerprint density at radius 2 is 1.87 bits per heavy atom. The lowest BCUT2D eigenvalue weighted by molar-refractivity contribution is -0.115. The van der Waals surface area contributed by atoms with Crippen LogP contribution in [0.5, 0.6) is 5.75 Å². The fourth-order valence-electron chi connectivity index (χ4n) is 2.30. The van der Waals surface area contributed by atoms with E-state index in [1.54, 1.807) is 25.4 Å². The lowest BCUT2D eigenvalue weighted by atomic mass is 10.1. The molecular formula is C18H17N3O2. The number of hydrogen-bond acceptors (Lipinski definition) is 3. The number of hydrogen-bond donors (Lipinski definition) is 1. The molecule has 5 nitrogen and oxygen atoms in total. The molecular weight excluding hydrogens is 290 g/mol. The highest BCUT2D eigenvalue weighted by Gasteiger charge is 2.09. The summed E-state index contributed by atoms with van der Waals surface area (Å²) >= 11 is 0. The van der Waals surface area contributed by atoms with Crippen molar-refractivity contribution in [2.24, 2.45) is 0 Å². The van der Waals surface area contributed by atoms with E-state index in [4.69, 9.17) is 4.74 Å². The predicted molar refractivity (Wildman–Crippen MR) is 88.9 cm³/mol.